The molecule has 0 bridgehead atoms. The Morgan fingerprint density at radius 2 is 1.50 bits per heavy atom. The van der Waals surface area contributed by atoms with Crippen molar-refractivity contribution in [2.24, 2.45) is 0 Å². The zero-order chi connectivity index (χ0) is 28.2. The molecular weight excluding hydrogens is 645 g/mol. The first-order chi connectivity index (χ1) is 19.1. The van der Waals surface area contributed by atoms with Crippen LogP contribution in [-0.4, -0.2) is 9.55 Å². The van der Waals surface area contributed by atoms with E-state index in [9.17, 15) is 0 Å². The minimum absolute atomic E-state index is 0. The van der Waals surface area contributed by atoms with Crippen LogP contribution < -0.4 is 0 Å². The van der Waals surface area contributed by atoms with Crippen LogP contribution in [0.4, 0.5) is 0 Å². The standard InChI is InChI=1S/C34H31N2O.Ir/c1-21(2)27-18-25(24-11-7-6-8-12-24)19-28(22(3)4)33(27)36-31-14-10-9-13-30(31)35-34(36)29-20-37-32-17-23(5)15-16-26(29)32;/h6-19,21-22H,1-5H3;/q-1;/i5D3;. The maximum atomic E-state index is 7.81. The van der Waals surface area contributed by atoms with Crippen LogP contribution in [0.15, 0.2) is 89.3 Å². The second-order valence-corrected chi connectivity index (χ2v) is 10.2. The van der Waals surface area contributed by atoms with Gasteiger partial charge in [-0.15, -0.1) is 6.07 Å². The Labute approximate surface area is 242 Å². The maximum Gasteiger partial charge on any atom is 0.0774 e. The van der Waals surface area contributed by atoms with Crippen molar-refractivity contribution in [2.75, 3.05) is 0 Å². The molecule has 6 rings (SSSR count). The number of rotatable bonds is 5. The Morgan fingerprint density at radius 1 is 0.816 bits per heavy atom. The van der Waals surface area contributed by atoms with Crippen molar-refractivity contribution in [1.29, 1.82) is 0 Å². The van der Waals surface area contributed by atoms with Gasteiger partial charge in [-0.1, -0.05) is 98.8 Å². The van der Waals surface area contributed by atoms with Crippen LogP contribution in [-0.2, 0) is 20.1 Å². The molecule has 0 fully saturated rings. The zero-order valence-corrected chi connectivity index (χ0v) is 24.3. The van der Waals surface area contributed by atoms with Crippen LogP contribution in [0, 0.1) is 13.1 Å². The number of furan rings is 1. The minimum Gasteiger partial charge on any atom is -0.557 e. The van der Waals surface area contributed by atoms with Crippen LogP contribution in [0.25, 0.3) is 50.2 Å². The molecule has 193 valence electrons. The summed E-state index contributed by atoms with van der Waals surface area (Å²) in [5.41, 5.74) is 9.26. The Bertz CT molecular complexity index is 1820. The molecule has 3 nitrogen and oxygen atoms in total. The molecule has 0 N–H and O–H groups in total. The summed E-state index contributed by atoms with van der Waals surface area (Å²) in [5, 5.41) is 0.780. The topological polar surface area (TPSA) is 31.0 Å². The number of benzene rings is 4. The van der Waals surface area contributed by atoms with Gasteiger partial charge in [0.1, 0.15) is 0 Å². The number of hydrogen-bond acceptors (Lipinski definition) is 2. The fourth-order valence-corrected chi connectivity index (χ4v) is 5.18. The summed E-state index contributed by atoms with van der Waals surface area (Å²) >= 11 is 0. The normalized spacial score (nSPS) is 13.1. The SMILES string of the molecule is [2H]C([2H])([2H])c1ccc2c(-c3nc4ccccc4n3-c3c(C(C)C)cc(-c4ccccc4)cc3C(C)C)[c-]oc2c1.[Ir]. The first-order valence-corrected chi connectivity index (χ1v) is 12.8. The molecule has 0 aliphatic rings. The van der Waals surface area contributed by atoms with Gasteiger partial charge in [0, 0.05) is 41.8 Å². The minimum atomic E-state index is -2.22. The van der Waals surface area contributed by atoms with Gasteiger partial charge < -0.3 is 8.98 Å². The average molecular weight is 679 g/mol. The number of para-hydroxylation sites is 2. The van der Waals surface area contributed by atoms with Crippen molar-refractivity contribution in [1.82, 2.24) is 9.55 Å². The fraction of sp³-hybridized carbons (Fsp3) is 0.206. The summed E-state index contributed by atoms with van der Waals surface area (Å²) in [7, 11) is 0. The van der Waals surface area contributed by atoms with Gasteiger partial charge in [0.2, 0.25) is 0 Å². The molecule has 0 unspecified atom stereocenters. The van der Waals surface area contributed by atoms with Gasteiger partial charge in [-0.05, 0) is 65.2 Å². The number of aromatic nitrogens is 2. The molecule has 0 atom stereocenters. The Morgan fingerprint density at radius 3 is 2.18 bits per heavy atom. The van der Waals surface area contributed by atoms with Crippen molar-refractivity contribution >= 4 is 22.0 Å². The molecule has 2 aromatic heterocycles. The average Bonchev–Trinajstić information content (AvgIpc) is 3.53. The quantitative estimate of drug-likeness (QED) is 0.170. The van der Waals surface area contributed by atoms with E-state index in [-0.39, 0.29) is 37.5 Å². The molecular formula is C34H31IrN2O-. The first-order valence-electron chi connectivity index (χ1n) is 14.3. The largest absolute Gasteiger partial charge is 0.557 e. The second kappa shape index (κ2) is 10.4. The number of imidazole rings is 1. The van der Waals surface area contributed by atoms with Gasteiger partial charge in [0.15, 0.2) is 0 Å². The molecule has 38 heavy (non-hydrogen) atoms. The summed E-state index contributed by atoms with van der Waals surface area (Å²) in [6.45, 7) is 6.70. The molecule has 1 radical (unpaired) electrons. The van der Waals surface area contributed by atoms with Gasteiger partial charge in [-0.3, -0.25) is 4.98 Å². The van der Waals surface area contributed by atoms with Crippen LogP contribution in [0.1, 0.15) is 60.3 Å². The van der Waals surface area contributed by atoms with Crippen LogP contribution in [0.2, 0.25) is 0 Å². The summed E-state index contributed by atoms with van der Waals surface area (Å²) in [6.07, 6.45) is 3.07. The fourth-order valence-electron chi connectivity index (χ4n) is 5.18. The molecule has 4 aromatic carbocycles. The second-order valence-electron chi connectivity index (χ2n) is 10.2. The zero-order valence-electron chi connectivity index (χ0n) is 24.9. The Balaban J connectivity index is 0.00000337. The number of fused-ring (bicyclic) bond motifs is 2. The Hall–Kier alpha value is -3.46. The molecule has 0 saturated heterocycles. The number of aryl methyl sites for hydroxylation is 1. The van der Waals surface area contributed by atoms with Crippen molar-refractivity contribution < 1.29 is 28.6 Å². The number of nitrogens with zero attached hydrogens (tertiary/aromatic N) is 2. The van der Waals surface area contributed by atoms with Crippen LogP contribution >= 0.6 is 0 Å². The van der Waals surface area contributed by atoms with Crippen molar-refractivity contribution in [2.45, 2.75) is 46.4 Å². The van der Waals surface area contributed by atoms with E-state index in [0.717, 1.165) is 27.9 Å². The maximum absolute atomic E-state index is 7.81. The number of hydrogen-bond donors (Lipinski definition) is 0. The van der Waals surface area contributed by atoms with Gasteiger partial charge in [0.25, 0.3) is 0 Å². The van der Waals surface area contributed by atoms with Crippen molar-refractivity contribution in [3.05, 3.63) is 108 Å². The molecule has 4 heteroatoms. The van der Waals surface area contributed by atoms with E-state index in [1.165, 1.54) is 22.3 Å². The van der Waals surface area contributed by atoms with E-state index >= 15 is 0 Å². The molecule has 0 amide bonds. The summed E-state index contributed by atoms with van der Waals surface area (Å²) in [5.74, 6) is 1.21. The molecule has 6 aromatic rings. The van der Waals surface area contributed by atoms with E-state index in [4.69, 9.17) is 13.5 Å². The molecule has 0 spiro atoms. The third-order valence-electron chi connectivity index (χ3n) is 7.04. The molecule has 0 aliphatic carbocycles. The monoisotopic (exact) mass is 679 g/mol. The summed E-state index contributed by atoms with van der Waals surface area (Å²) in [6, 6.07) is 28.3. The van der Waals surface area contributed by atoms with E-state index < -0.39 is 6.85 Å². The Kier molecular flexibility index (Phi) is 6.14. The van der Waals surface area contributed by atoms with E-state index in [1.54, 1.807) is 18.2 Å². The summed E-state index contributed by atoms with van der Waals surface area (Å²) < 4.78 is 31.5. The predicted molar refractivity (Wildman–Crippen MR) is 153 cm³/mol. The van der Waals surface area contributed by atoms with Gasteiger partial charge in [-0.25, -0.2) is 0 Å². The summed E-state index contributed by atoms with van der Waals surface area (Å²) in [4.78, 5) is 5.09. The van der Waals surface area contributed by atoms with E-state index in [0.29, 0.717) is 11.1 Å². The van der Waals surface area contributed by atoms with Gasteiger partial charge >= 0.3 is 0 Å². The predicted octanol–water partition coefficient (Wildman–Crippen LogP) is 9.46. The van der Waals surface area contributed by atoms with Crippen LogP contribution in [0.5, 0.6) is 0 Å². The molecule has 0 aliphatic heterocycles. The smallest absolute Gasteiger partial charge is 0.0774 e. The third-order valence-corrected chi connectivity index (χ3v) is 7.04. The van der Waals surface area contributed by atoms with Crippen molar-refractivity contribution in [3.8, 4) is 28.2 Å². The van der Waals surface area contributed by atoms with E-state index in [2.05, 4.69) is 81.0 Å². The van der Waals surface area contributed by atoms with Gasteiger partial charge in [0.05, 0.1) is 16.9 Å². The molecule has 2 heterocycles. The molecule has 0 saturated carbocycles. The van der Waals surface area contributed by atoms with Crippen LogP contribution in [0.3, 0.4) is 0 Å². The van der Waals surface area contributed by atoms with Gasteiger partial charge in [-0.2, -0.15) is 0 Å². The first kappa shape index (κ1) is 22.5. The third kappa shape index (κ3) is 4.42. The van der Waals surface area contributed by atoms with E-state index in [1.807, 2.05) is 24.3 Å². The van der Waals surface area contributed by atoms with Crippen molar-refractivity contribution in [3.63, 3.8) is 0 Å².